The SMILES string of the molecule is CCNC[C@@H](CS)NC[C@@H](CS)NCC. The van der Waals surface area contributed by atoms with Gasteiger partial charge in [-0.05, 0) is 13.1 Å². The topological polar surface area (TPSA) is 36.1 Å². The van der Waals surface area contributed by atoms with Crippen LogP contribution in [0.3, 0.4) is 0 Å². The van der Waals surface area contributed by atoms with Gasteiger partial charge >= 0.3 is 0 Å². The lowest BCUT2D eigenvalue weighted by Gasteiger charge is -2.21. The third kappa shape index (κ3) is 8.39. The molecule has 15 heavy (non-hydrogen) atoms. The average molecular weight is 251 g/mol. The van der Waals surface area contributed by atoms with E-state index in [1.165, 1.54) is 0 Å². The Hall–Kier alpha value is 0.580. The second-order valence-corrected chi connectivity index (χ2v) is 4.26. The van der Waals surface area contributed by atoms with Gasteiger partial charge in [-0.25, -0.2) is 0 Å². The van der Waals surface area contributed by atoms with Gasteiger partial charge < -0.3 is 16.0 Å². The molecule has 3 N–H and O–H groups in total. The predicted molar refractivity (Wildman–Crippen MR) is 75.5 cm³/mol. The van der Waals surface area contributed by atoms with Gasteiger partial charge in [0.1, 0.15) is 0 Å². The first-order valence-corrected chi connectivity index (χ1v) is 6.94. The molecule has 0 heterocycles. The van der Waals surface area contributed by atoms with E-state index in [1.54, 1.807) is 0 Å². The van der Waals surface area contributed by atoms with E-state index in [2.05, 4.69) is 55.1 Å². The molecule has 2 atom stereocenters. The van der Waals surface area contributed by atoms with Gasteiger partial charge in [-0.1, -0.05) is 13.8 Å². The Labute approximate surface area is 105 Å². The van der Waals surface area contributed by atoms with Crippen molar-refractivity contribution in [2.24, 2.45) is 0 Å². The van der Waals surface area contributed by atoms with Crippen LogP contribution >= 0.6 is 25.3 Å². The number of rotatable bonds is 10. The van der Waals surface area contributed by atoms with Crippen LogP contribution in [0.15, 0.2) is 0 Å². The van der Waals surface area contributed by atoms with Gasteiger partial charge in [0.2, 0.25) is 0 Å². The number of nitrogens with one attached hydrogen (secondary N) is 3. The van der Waals surface area contributed by atoms with Crippen molar-refractivity contribution in [3.8, 4) is 0 Å². The summed E-state index contributed by atoms with van der Waals surface area (Å²) in [5, 5.41) is 10.2. The molecule has 0 saturated heterocycles. The maximum Gasteiger partial charge on any atom is 0.0281 e. The van der Waals surface area contributed by atoms with E-state index >= 15 is 0 Å². The van der Waals surface area contributed by atoms with E-state index in [0.717, 1.165) is 37.7 Å². The third-order valence-corrected chi connectivity index (χ3v) is 3.11. The van der Waals surface area contributed by atoms with Crippen molar-refractivity contribution in [2.45, 2.75) is 25.9 Å². The van der Waals surface area contributed by atoms with Gasteiger partial charge in [-0.15, -0.1) is 0 Å². The maximum atomic E-state index is 4.33. The van der Waals surface area contributed by atoms with Crippen molar-refractivity contribution in [1.82, 2.24) is 16.0 Å². The largest absolute Gasteiger partial charge is 0.315 e. The lowest BCUT2D eigenvalue weighted by atomic mass is 10.2. The molecular formula is C10H25N3S2. The zero-order valence-corrected chi connectivity index (χ0v) is 11.6. The van der Waals surface area contributed by atoms with Crippen LogP contribution in [-0.2, 0) is 0 Å². The van der Waals surface area contributed by atoms with Crippen molar-refractivity contribution in [3.63, 3.8) is 0 Å². The predicted octanol–water partition coefficient (Wildman–Crippen LogP) is 0.392. The molecule has 0 saturated carbocycles. The fourth-order valence-electron chi connectivity index (χ4n) is 1.32. The van der Waals surface area contributed by atoms with Gasteiger partial charge in [-0.3, -0.25) is 0 Å². The van der Waals surface area contributed by atoms with Gasteiger partial charge in [0, 0.05) is 36.7 Å². The molecule has 0 aliphatic carbocycles. The summed E-state index contributed by atoms with van der Waals surface area (Å²) in [6, 6.07) is 0.886. The minimum Gasteiger partial charge on any atom is -0.315 e. The van der Waals surface area contributed by atoms with Crippen LogP contribution in [0.2, 0.25) is 0 Å². The van der Waals surface area contributed by atoms with Gasteiger partial charge in [0.25, 0.3) is 0 Å². The summed E-state index contributed by atoms with van der Waals surface area (Å²) in [5.41, 5.74) is 0. The van der Waals surface area contributed by atoms with Gasteiger partial charge in [-0.2, -0.15) is 25.3 Å². The van der Waals surface area contributed by atoms with Crippen molar-refractivity contribution >= 4 is 25.3 Å². The highest BCUT2D eigenvalue weighted by Crippen LogP contribution is 1.90. The summed E-state index contributed by atoms with van der Waals surface area (Å²) in [6.45, 7) is 8.16. The first-order valence-electron chi connectivity index (χ1n) is 5.67. The van der Waals surface area contributed by atoms with E-state index in [0.29, 0.717) is 12.1 Å². The number of hydrogen-bond donors (Lipinski definition) is 5. The quantitative estimate of drug-likeness (QED) is 0.365. The molecule has 0 amide bonds. The molecule has 92 valence electrons. The second-order valence-electron chi connectivity index (χ2n) is 3.53. The number of hydrogen-bond acceptors (Lipinski definition) is 5. The molecule has 0 aromatic carbocycles. The van der Waals surface area contributed by atoms with Crippen LogP contribution in [0.4, 0.5) is 0 Å². The molecule has 0 spiro atoms. The zero-order chi connectivity index (χ0) is 11.5. The summed E-state index contributed by atoms with van der Waals surface area (Å²) in [5.74, 6) is 1.72. The van der Waals surface area contributed by atoms with Crippen LogP contribution < -0.4 is 16.0 Å². The number of thiol groups is 2. The van der Waals surface area contributed by atoms with Crippen LogP contribution in [-0.4, -0.2) is 49.8 Å². The van der Waals surface area contributed by atoms with Crippen LogP contribution in [0.1, 0.15) is 13.8 Å². The third-order valence-electron chi connectivity index (χ3n) is 2.23. The lowest BCUT2D eigenvalue weighted by molar-refractivity contribution is 0.461. The summed E-state index contributed by atoms with van der Waals surface area (Å²) in [7, 11) is 0. The molecule has 0 radical (unpaired) electrons. The molecule has 0 aromatic rings. The average Bonchev–Trinajstić information content (AvgIpc) is 2.27. The zero-order valence-electron chi connectivity index (χ0n) is 9.79. The molecule has 0 aromatic heterocycles. The van der Waals surface area contributed by atoms with Crippen LogP contribution in [0, 0.1) is 0 Å². The summed E-state index contributed by atoms with van der Waals surface area (Å²) in [4.78, 5) is 0. The van der Waals surface area contributed by atoms with E-state index in [9.17, 15) is 0 Å². The lowest BCUT2D eigenvalue weighted by Crippen LogP contribution is -2.47. The summed E-state index contributed by atoms with van der Waals surface area (Å²) >= 11 is 8.65. The van der Waals surface area contributed by atoms with E-state index in [4.69, 9.17) is 0 Å². The summed E-state index contributed by atoms with van der Waals surface area (Å²) < 4.78 is 0. The van der Waals surface area contributed by atoms with E-state index in [1.807, 2.05) is 0 Å². The fraction of sp³-hybridized carbons (Fsp3) is 1.00. The minimum absolute atomic E-state index is 0.439. The highest BCUT2D eigenvalue weighted by molar-refractivity contribution is 7.80. The smallest absolute Gasteiger partial charge is 0.0281 e. The minimum atomic E-state index is 0.439. The molecule has 0 aliphatic rings. The van der Waals surface area contributed by atoms with Crippen molar-refractivity contribution < 1.29 is 0 Å². The van der Waals surface area contributed by atoms with Crippen LogP contribution in [0.5, 0.6) is 0 Å². The monoisotopic (exact) mass is 251 g/mol. The Morgan fingerprint density at radius 3 is 1.93 bits per heavy atom. The molecule has 0 fully saturated rings. The first kappa shape index (κ1) is 15.6. The Kier molecular flexibility index (Phi) is 11.5. The first-order chi connectivity index (χ1) is 7.28. The molecule has 5 heteroatoms. The Balaban J connectivity index is 3.66. The molecular weight excluding hydrogens is 226 g/mol. The summed E-state index contributed by atoms with van der Waals surface area (Å²) in [6.07, 6.45) is 0. The molecule has 0 unspecified atom stereocenters. The van der Waals surface area contributed by atoms with E-state index in [-0.39, 0.29) is 0 Å². The Bertz CT molecular complexity index is 136. The Morgan fingerprint density at radius 1 is 0.867 bits per heavy atom. The standard InChI is InChI=1S/C10H25N3S2/c1-3-11-5-9(7-14)13-6-10(8-15)12-4-2/h9-15H,3-8H2,1-2H3/t9-,10-/m0/s1. The normalized spacial score (nSPS) is 15.2. The molecule has 0 aliphatic heterocycles. The van der Waals surface area contributed by atoms with E-state index < -0.39 is 0 Å². The molecule has 0 bridgehead atoms. The molecule has 3 nitrogen and oxygen atoms in total. The molecule has 0 rings (SSSR count). The van der Waals surface area contributed by atoms with Crippen molar-refractivity contribution in [3.05, 3.63) is 0 Å². The van der Waals surface area contributed by atoms with Gasteiger partial charge in [0.15, 0.2) is 0 Å². The Morgan fingerprint density at radius 2 is 1.47 bits per heavy atom. The fourth-order valence-corrected chi connectivity index (χ4v) is 1.84. The number of likely N-dealkylation sites (N-methyl/N-ethyl adjacent to an activating group) is 2. The van der Waals surface area contributed by atoms with Crippen molar-refractivity contribution in [2.75, 3.05) is 37.7 Å². The van der Waals surface area contributed by atoms with Gasteiger partial charge in [0.05, 0.1) is 0 Å². The van der Waals surface area contributed by atoms with Crippen molar-refractivity contribution in [1.29, 1.82) is 0 Å². The maximum absolute atomic E-state index is 4.33. The van der Waals surface area contributed by atoms with Crippen LogP contribution in [0.25, 0.3) is 0 Å². The second kappa shape index (κ2) is 11.1. The highest BCUT2D eigenvalue weighted by Gasteiger charge is 2.09. The highest BCUT2D eigenvalue weighted by atomic mass is 32.1.